The Balaban J connectivity index is 1.31. The molecule has 0 radical (unpaired) electrons. The van der Waals surface area contributed by atoms with Crippen LogP contribution in [0.2, 0.25) is 0 Å². The molecular formula is C30H31F3N6O4. The summed E-state index contributed by atoms with van der Waals surface area (Å²) in [5.41, 5.74) is 1.19. The van der Waals surface area contributed by atoms with E-state index in [1.165, 1.54) is 26.0 Å². The standard InChI is InChI=1S/C30H31F3N6O4/c1-19-17-27(38-28(35-19)34-13-16-39-14-5-6-15-39)42-25-12-10-23(21-7-3-4-8-22(21)25)36-29(40)37-24-18-20(43-30(31,32)33)9-11-26(24)41-2/h3-4,7-12,17-18H,5-6,13-16H2,1-2H3,(H,34,35,38)(H2,36,37,40). The predicted octanol–water partition coefficient (Wildman–Crippen LogP) is 6.79. The monoisotopic (exact) mass is 596 g/mol. The molecule has 13 heteroatoms. The molecule has 1 fully saturated rings. The van der Waals surface area contributed by atoms with Crippen molar-refractivity contribution in [1.82, 2.24) is 14.9 Å². The molecule has 3 N–H and O–H groups in total. The molecule has 0 spiro atoms. The number of hydrogen-bond acceptors (Lipinski definition) is 8. The van der Waals surface area contributed by atoms with Crippen molar-refractivity contribution in [2.75, 3.05) is 49.2 Å². The van der Waals surface area contributed by atoms with Gasteiger partial charge >= 0.3 is 12.4 Å². The highest BCUT2D eigenvalue weighted by Crippen LogP contribution is 2.35. The van der Waals surface area contributed by atoms with Crippen molar-refractivity contribution in [3.8, 4) is 23.1 Å². The molecule has 4 aromatic rings. The Morgan fingerprint density at radius 2 is 1.65 bits per heavy atom. The van der Waals surface area contributed by atoms with E-state index in [9.17, 15) is 18.0 Å². The van der Waals surface area contributed by atoms with Crippen molar-refractivity contribution >= 4 is 34.1 Å². The lowest BCUT2D eigenvalue weighted by Crippen LogP contribution is -2.26. The van der Waals surface area contributed by atoms with Gasteiger partial charge in [0.05, 0.1) is 18.5 Å². The van der Waals surface area contributed by atoms with Crippen molar-refractivity contribution in [2.45, 2.75) is 26.1 Å². The number of ether oxygens (including phenoxy) is 3. The van der Waals surface area contributed by atoms with Gasteiger partial charge in [0, 0.05) is 41.7 Å². The Hall–Kier alpha value is -4.78. The van der Waals surface area contributed by atoms with E-state index in [1.807, 2.05) is 31.2 Å². The first kappa shape index (κ1) is 29.7. The van der Waals surface area contributed by atoms with Crippen LogP contribution in [0.1, 0.15) is 18.5 Å². The van der Waals surface area contributed by atoms with E-state index in [4.69, 9.17) is 9.47 Å². The number of anilines is 3. The molecule has 10 nitrogen and oxygen atoms in total. The van der Waals surface area contributed by atoms with Crippen LogP contribution in [0, 0.1) is 6.92 Å². The molecule has 0 bridgehead atoms. The van der Waals surface area contributed by atoms with E-state index in [1.54, 1.807) is 18.2 Å². The smallest absolute Gasteiger partial charge is 0.495 e. The summed E-state index contributed by atoms with van der Waals surface area (Å²) in [6, 6.07) is 15.1. The van der Waals surface area contributed by atoms with Crippen LogP contribution in [0.5, 0.6) is 23.1 Å². The largest absolute Gasteiger partial charge is 0.573 e. The highest BCUT2D eigenvalue weighted by molar-refractivity contribution is 6.08. The number of methoxy groups -OCH3 is 1. The second kappa shape index (κ2) is 13.0. The van der Waals surface area contributed by atoms with E-state index in [2.05, 4.69) is 35.6 Å². The fourth-order valence-corrected chi connectivity index (χ4v) is 4.84. The molecule has 0 aliphatic carbocycles. The predicted molar refractivity (Wildman–Crippen MR) is 157 cm³/mol. The summed E-state index contributed by atoms with van der Waals surface area (Å²) >= 11 is 0. The number of urea groups is 1. The molecule has 0 unspecified atom stereocenters. The Morgan fingerprint density at radius 1 is 0.930 bits per heavy atom. The minimum Gasteiger partial charge on any atom is -0.495 e. The molecule has 43 heavy (non-hydrogen) atoms. The number of rotatable bonds is 10. The lowest BCUT2D eigenvalue weighted by Gasteiger charge is -2.16. The fourth-order valence-electron chi connectivity index (χ4n) is 4.84. The van der Waals surface area contributed by atoms with Crippen LogP contribution in [-0.4, -0.2) is 60.6 Å². The number of nitrogens with one attached hydrogen (secondary N) is 3. The first-order valence-corrected chi connectivity index (χ1v) is 13.7. The average Bonchev–Trinajstić information content (AvgIpc) is 3.47. The van der Waals surface area contributed by atoms with Crippen LogP contribution in [-0.2, 0) is 0 Å². The zero-order valence-corrected chi connectivity index (χ0v) is 23.6. The average molecular weight is 597 g/mol. The molecule has 5 rings (SSSR count). The van der Waals surface area contributed by atoms with Gasteiger partial charge in [-0.15, -0.1) is 13.2 Å². The van der Waals surface area contributed by atoms with E-state index >= 15 is 0 Å². The summed E-state index contributed by atoms with van der Waals surface area (Å²) in [6.07, 6.45) is -2.42. The Kier molecular flexibility index (Phi) is 9.00. The number of likely N-dealkylation sites (tertiary alicyclic amines) is 1. The summed E-state index contributed by atoms with van der Waals surface area (Å²) < 4.78 is 53.4. The minimum atomic E-state index is -4.88. The fraction of sp³-hybridized carbons (Fsp3) is 0.300. The van der Waals surface area contributed by atoms with Gasteiger partial charge in [0.2, 0.25) is 11.8 Å². The third kappa shape index (κ3) is 7.95. The van der Waals surface area contributed by atoms with Gasteiger partial charge in [-0.25, -0.2) is 9.78 Å². The molecule has 226 valence electrons. The van der Waals surface area contributed by atoms with Crippen molar-refractivity contribution in [3.05, 3.63) is 66.4 Å². The molecule has 2 amide bonds. The van der Waals surface area contributed by atoms with E-state index in [0.29, 0.717) is 34.0 Å². The lowest BCUT2D eigenvalue weighted by atomic mass is 10.1. The van der Waals surface area contributed by atoms with Crippen molar-refractivity contribution in [1.29, 1.82) is 0 Å². The number of aromatic nitrogens is 2. The summed E-state index contributed by atoms with van der Waals surface area (Å²) in [6.45, 7) is 5.73. The second-order valence-corrected chi connectivity index (χ2v) is 9.89. The molecule has 1 aliphatic heterocycles. The number of fused-ring (bicyclic) bond motifs is 1. The summed E-state index contributed by atoms with van der Waals surface area (Å²) in [7, 11) is 1.34. The van der Waals surface area contributed by atoms with Gasteiger partial charge in [-0.1, -0.05) is 24.3 Å². The first-order chi connectivity index (χ1) is 20.7. The highest BCUT2D eigenvalue weighted by Gasteiger charge is 2.31. The molecule has 2 heterocycles. The highest BCUT2D eigenvalue weighted by atomic mass is 19.4. The van der Waals surface area contributed by atoms with E-state index in [0.717, 1.165) is 44.0 Å². The van der Waals surface area contributed by atoms with Gasteiger partial charge < -0.3 is 35.1 Å². The molecule has 1 aromatic heterocycles. The van der Waals surface area contributed by atoms with Gasteiger partial charge in [-0.05, 0) is 57.1 Å². The topological polar surface area (TPSA) is 110 Å². The van der Waals surface area contributed by atoms with Crippen LogP contribution in [0.15, 0.2) is 60.7 Å². The Morgan fingerprint density at radius 3 is 2.40 bits per heavy atom. The van der Waals surface area contributed by atoms with Crippen LogP contribution in [0.3, 0.4) is 0 Å². The quantitative estimate of drug-likeness (QED) is 0.184. The number of aryl methyl sites for hydroxylation is 1. The number of alkyl halides is 3. The third-order valence-electron chi connectivity index (χ3n) is 6.74. The lowest BCUT2D eigenvalue weighted by molar-refractivity contribution is -0.274. The van der Waals surface area contributed by atoms with Crippen LogP contribution < -0.4 is 30.2 Å². The zero-order valence-electron chi connectivity index (χ0n) is 23.6. The second-order valence-electron chi connectivity index (χ2n) is 9.89. The molecule has 1 aliphatic rings. The van der Waals surface area contributed by atoms with Gasteiger partial charge in [0.1, 0.15) is 17.2 Å². The van der Waals surface area contributed by atoms with Crippen LogP contribution in [0.4, 0.5) is 35.3 Å². The number of halogens is 3. The van der Waals surface area contributed by atoms with Crippen molar-refractivity contribution in [2.24, 2.45) is 0 Å². The molecular weight excluding hydrogens is 565 g/mol. The zero-order chi connectivity index (χ0) is 30.4. The maximum absolute atomic E-state index is 12.9. The number of nitrogens with zero attached hydrogens (tertiary/aromatic N) is 3. The van der Waals surface area contributed by atoms with E-state index in [-0.39, 0.29) is 11.4 Å². The molecule has 1 saturated heterocycles. The third-order valence-corrected chi connectivity index (χ3v) is 6.74. The summed E-state index contributed by atoms with van der Waals surface area (Å²) in [5.74, 6) is 1.02. The summed E-state index contributed by atoms with van der Waals surface area (Å²) in [5, 5.41) is 9.92. The molecule has 0 atom stereocenters. The maximum Gasteiger partial charge on any atom is 0.573 e. The van der Waals surface area contributed by atoms with Gasteiger partial charge in [-0.3, -0.25) is 0 Å². The van der Waals surface area contributed by atoms with Gasteiger partial charge in [0.25, 0.3) is 0 Å². The van der Waals surface area contributed by atoms with Crippen LogP contribution in [0.25, 0.3) is 10.8 Å². The van der Waals surface area contributed by atoms with Gasteiger partial charge in [0.15, 0.2) is 0 Å². The van der Waals surface area contributed by atoms with E-state index < -0.39 is 18.1 Å². The van der Waals surface area contributed by atoms with Crippen molar-refractivity contribution < 1.29 is 32.2 Å². The number of hydrogen-bond donors (Lipinski definition) is 3. The molecule has 3 aromatic carbocycles. The number of amides is 2. The number of carbonyl (C=O) groups excluding carboxylic acids is 1. The van der Waals surface area contributed by atoms with Gasteiger partial charge in [-0.2, -0.15) is 4.98 Å². The minimum absolute atomic E-state index is 0.00464. The van der Waals surface area contributed by atoms with Crippen molar-refractivity contribution in [3.63, 3.8) is 0 Å². The van der Waals surface area contributed by atoms with Crippen LogP contribution >= 0.6 is 0 Å². The number of carbonyl (C=O) groups is 1. The first-order valence-electron chi connectivity index (χ1n) is 13.7. The Bertz CT molecular complexity index is 1590. The SMILES string of the molecule is COc1ccc(OC(F)(F)F)cc1NC(=O)Nc1ccc(Oc2cc(C)nc(NCCN3CCCC3)n2)c2ccccc12. The maximum atomic E-state index is 12.9. The Labute approximate surface area is 246 Å². The number of benzene rings is 3. The summed E-state index contributed by atoms with van der Waals surface area (Å²) in [4.78, 5) is 24.3. The normalized spacial score (nSPS) is 13.5. The molecule has 0 saturated carbocycles.